The molecule has 3 N–H and O–H groups in total. The SMILES string of the molecule is NCc1cccc(NC(=O)c2ccc(F)cc2)c1. The quantitative estimate of drug-likeness (QED) is 0.871. The van der Waals surface area contributed by atoms with Gasteiger partial charge in [0, 0.05) is 17.8 Å². The highest BCUT2D eigenvalue weighted by atomic mass is 19.1. The predicted molar refractivity (Wildman–Crippen MR) is 68.7 cm³/mol. The number of carbonyl (C=O) groups is 1. The predicted octanol–water partition coefficient (Wildman–Crippen LogP) is 2.54. The summed E-state index contributed by atoms with van der Waals surface area (Å²) in [6, 6.07) is 12.7. The van der Waals surface area contributed by atoms with Gasteiger partial charge in [-0.3, -0.25) is 4.79 Å². The first-order valence-corrected chi connectivity index (χ1v) is 5.55. The fourth-order valence-corrected chi connectivity index (χ4v) is 1.58. The molecule has 0 saturated heterocycles. The Hall–Kier alpha value is -2.20. The maximum absolute atomic E-state index is 12.7. The number of rotatable bonds is 3. The molecule has 0 spiro atoms. The zero-order valence-electron chi connectivity index (χ0n) is 9.69. The van der Waals surface area contributed by atoms with E-state index < -0.39 is 0 Å². The molecular weight excluding hydrogens is 231 g/mol. The van der Waals surface area contributed by atoms with E-state index in [1.807, 2.05) is 12.1 Å². The lowest BCUT2D eigenvalue weighted by atomic mass is 10.1. The van der Waals surface area contributed by atoms with Crippen LogP contribution in [0.15, 0.2) is 48.5 Å². The van der Waals surface area contributed by atoms with Crippen molar-refractivity contribution >= 4 is 11.6 Å². The van der Waals surface area contributed by atoms with Crippen molar-refractivity contribution < 1.29 is 9.18 Å². The van der Waals surface area contributed by atoms with Gasteiger partial charge < -0.3 is 11.1 Å². The Morgan fingerprint density at radius 3 is 2.56 bits per heavy atom. The van der Waals surface area contributed by atoms with E-state index in [9.17, 15) is 9.18 Å². The van der Waals surface area contributed by atoms with Crippen LogP contribution in [0.25, 0.3) is 0 Å². The molecule has 0 fully saturated rings. The highest BCUT2D eigenvalue weighted by Crippen LogP contribution is 2.12. The van der Waals surface area contributed by atoms with Gasteiger partial charge in [-0.25, -0.2) is 4.39 Å². The van der Waals surface area contributed by atoms with Crippen LogP contribution in [0.3, 0.4) is 0 Å². The molecule has 2 aromatic carbocycles. The van der Waals surface area contributed by atoms with E-state index in [4.69, 9.17) is 5.73 Å². The number of amides is 1. The molecule has 2 aromatic rings. The summed E-state index contributed by atoms with van der Waals surface area (Å²) in [5.74, 6) is -0.638. The zero-order valence-corrected chi connectivity index (χ0v) is 9.69. The normalized spacial score (nSPS) is 10.1. The van der Waals surface area contributed by atoms with Gasteiger partial charge in [0.2, 0.25) is 0 Å². The third kappa shape index (κ3) is 2.93. The third-order valence-electron chi connectivity index (χ3n) is 2.53. The molecule has 0 aromatic heterocycles. The van der Waals surface area contributed by atoms with Gasteiger partial charge in [0.15, 0.2) is 0 Å². The Bertz CT molecular complexity index is 552. The fraction of sp³-hybridized carbons (Fsp3) is 0.0714. The summed E-state index contributed by atoms with van der Waals surface area (Å²) in [5, 5.41) is 2.74. The van der Waals surface area contributed by atoms with Gasteiger partial charge in [0.25, 0.3) is 5.91 Å². The van der Waals surface area contributed by atoms with Crippen molar-refractivity contribution in [3.8, 4) is 0 Å². The van der Waals surface area contributed by atoms with Gasteiger partial charge in [-0.05, 0) is 42.0 Å². The molecule has 0 heterocycles. The maximum atomic E-state index is 12.7. The topological polar surface area (TPSA) is 55.1 Å². The van der Waals surface area contributed by atoms with Crippen LogP contribution in [0, 0.1) is 5.82 Å². The highest BCUT2D eigenvalue weighted by Gasteiger charge is 2.06. The number of carbonyl (C=O) groups excluding carboxylic acids is 1. The molecule has 2 rings (SSSR count). The molecule has 3 nitrogen and oxygen atoms in total. The van der Waals surface area contributed by atoms with Gasteiger partial charge in [-0.2, -0.15) is 0 Å². The first-order chi connectivity index (χ1) is 8.69. The smallest absolute Gasteiger partial charge is 0.255 e. The van der Waals surface area contributed by atoms with Crippen LogP contribution in [-0.4, -0.2) is 5.91 Å². The van der Waals surface area contributed by atoms with Crippen LogP contribution < -0.4 is 11.1 Å². The van der Waals surface area contributed by atoms with Crippen molar-refractivity contribution in [1.29, 1.82) is 0 Å². The largest absolute Gasteiger partial charge is 0.326 e. The number of hydrogen-bond donors (Lipinski definition) is 2. The number of hydrogen-bond acceptors (Lipinski definition) is 2. The van der Waals surface area contributed by atoms with Gasteiger partial charge in [-0.15, -0.1) is 0 Å². The van der Waals surface area contributed by atoms with E-state index >= 15 is 0 Å². The molecule has 0 bridgehead atoms. The minimum atomic E-state index is -0.364. The van der Waals surface area contributed by atoms with Crippen molar-refractivity contribution in [3.05, 3.63) is 65.5 Å². The minimum Gasteiger partial charge on any atom is -0.326 e. The Kier molecular flexibility index (Phi) is 3.69. The summed E-state index contributed by atoms with van der Waals surface area (Å²) >= 11 is 0. The van der Waals surface area contributed by atoms with Crippen LogP contribution in [-0.2, 0) is 6.54 Å². The maximum Gasteiger partial charge on any atom is 0.255 e. The van der Waals surface area contributed by atoms with Crippen LogP contribution in [0.5, 0.6) is 0 Å². The fourth-order valence-electron chi connectivity index (χ4n) is 1.58. The molecule has 0 atom stereocenters. The van der Waals surface area contributed by atoms with E-state index in [1.54, 1.807) is 12.1 Å². The summed E-state index contributed by atoms with van der Waals surface area (Å²) in [6.07, 6.45) is 0. The lowest BCUT2D eigenvalue weighted by Crippen LogP contribution is -2.12. The summed E-state index contributed by atoms with van der Waals surface area (Å²) in [7, 11) is 0. The molecule has 0 radical (unpaired) electrons. The Balaban J connectivity index is 2.13. The van der Waals surface area contributed by atoms with Crippen molar-refractivity contribution in [2.75, 3.05) is 5.32 Å². The molecule has 0 unspecified atom stereocenters. The highest BCUT2D eigenvalue weighted by molar-refractivity contribution is 6.04. The van der Waals surface area contributed by atoms with E-state index in [1.165, 1.54) is 24.3 Å². The van der Waals surface area contributed by atoms with Crippen LogP contribution in [0.1, 0.15) is 15.9 Å². The lowest BCUT2D eigenvalue weighted by molar-refractivity contribution is 0.102. The zero-order chi connectivity index (χ0) is 13.0. The van der Waals surface area contributed by atoms with Crippen LogP contribution >= 0.6 is 0 Å². The van der Waals surface area contributed by atoms with Crippen molar-refractivity contribution in [2.45, 2.75) is 6.54 Å². The van der Waals surface area contributed by atoms with E-state index in [2.05, 4.69) is 5.32 Å². The summed E-state index contributed by atoms with van der Waals surface area (Å²) in [5.41, 5.74) is 7.54. The second-order valence-electron chi connectivity index (χ2n) is 3.87. The second kappa shape index (κ2) is 5.42. The van der Waals surface area contributed by atoms with Gasteiger partial charge in [0.05, 0.1) is 0 Å². The molecular formula is C14H13FN2O. The molecule has 0 aliphatic carbocycles. The third-order valence-corrected chi connectivity index (χ3v) is 2.53. The van der Waals surface area contributed by atoms with Gasteiger partial charge >= 0.3 is 0 Å². The van der Waals surface area contributed by atoms with Crippen molar-refractivity contribution in [2.24, 2.45) is 5.73 Å². The van der Waals surface area contributed by atoms with Gasteiger partial charge in [0.1, 0.15) is 5.82 Å². The molecule has 1 amide bonds. The number of benzene rings is 2. The lowest BCUT2D eigenvalue weighted by Gasteiger charge is -2.06. The Morgan fingerprint density at radius 2 is 1.89 bits per heavy atom. The Morgan fingerprint density at radius 1 is 1.17 bits per heavy atom. The van der Waals surface area contributed by atoms with Gasteiger partial charge in [-0.1, -0.05) is 12.1 Å². The molecule has 92 valence electrons. The van der Waals surface area contributed by atoms with E-state index in [0.29, 0.717) is 17.8 Å². The Labute approximate surface area is 104 Å². The minimum absolute atomic E-state index is 0.274. The number of anilines is 1. The van der Waals surface area contributed by atoms with E-state index in [-0.39, 0.29) is 11.7 Å². The molecule has 0 aliphatic rings. The molecule has 0 saturated carbocycles. The van der Waals surface area contributed by atoms with Crippen LogP contribution in [0.2, 0.25) is 0 Å². The summed E-state index contributed by atoms with van der Waals surface area (Å²) in [4.78, 5) is 11.9. The average Bonchev–Trinajstić information content (AvgIpc) is 2.39. The first kappa shape index (κ1) is 12.3. The summed E-state index contributed by atoms with van der Waals surface area (Å²) < 4.78 is 12.7. The monoisotopic (exact) mass is 244 g/mol. The van der Waals surface area contributed by atoms with Crippen molar-refractivity contribution in [3.63, 3.8) is 0 Å². The molecule has 18 heavy (non-hydrogen) atoms. The van der Waals surface area contributed by atoms with E-state index in [0.717, 1.165) is 5.56 Å². The summed E-state index contributed by atoms with van der Waals surface area (Å²) in [6.45, 7) is 0.417. The number of halogens is 1. The number of nitrogens with two attached hydrogens (primary N) is 1. The standard InChI is InChI=1S/C14H13FN2O/c15-12-6-4-11(5-7-12)14(18)17-13-3-1-2-10(8-13)9-16/h1-8H,9,16H2,(H,17,18). The van der Waals surface area contributed by atoms with Crippen LogP contribution in [0.4, 0.5) is 10.1 Å². The van der Waals surface area contributed by atoms with Crippen molar-refractivity contribution in [1.82, 2.24) is 0 Å². The molecule has 4 heteroatoms. The average molecular weight is 244 g/mol. The second-order valence-corrected chi connectivity index (χ2v) is 3.87. The first-order valence-electron chi connectivity index (χ1n) is 5.55. The number of nitrogens with one attached hydrogen (secondary N) is 1. The molecule has 0 aliphatic heterocycles.